The molecule has 0 fully saturated rings. The Bertz CT molecular complexity index is 721. The van der Waals surface area contributed by atoms with Crippen molar-refractivity contribution < 1.29 is 4.74 Å². The van der Waals surface area contributed by atoms with Gasteiger partial charge in [0.1, 0.15) is 5.75 Å². The number of nitrogens with one attached hydrogen (secondary N) is 1. The fraction of sp³-hybridized carbons (Fsp3) is 0.133. The monoisotopic (exact) mass is 270 g/mol. The molecule has 0 saturated carbocycles. The van der Waals surface area contributed by atoms with Crippen LogP contribution in [0, 0.1) is 0 Å². The van der Waals surface area contributed by atoms with Crippen LogP contribution in [0.3, 0.4) is 0 Å². The Hall–Kier alpha value is -2.07. The lowest BCUT2D eigenvalue weighted by Crippen LogP contribution is -1.86. The summed E-state index contributed by atoms with van der Waals surface area (Å²) in [6.45, 7) is 0. The highest BCUT2D eigenvalue weighted by Gasteiger charge is 2.10. The lowest BCUT2D eigenvalue weighted by molar-refractivity contribution is 0.420. The number of hydrogen-bond donors (Lipinski definition) is 1. The lowest BCUT2D eigenvalue weighted by atomic mass is 10.0. The van der Waals surface area contributed by atoms with Crippen molar-refractivity contribution in [2.75, 3.05) is 19.5 Å². The van der Waals surface area contributed by atoms with Crippen molar-refractivity contribution in [2.24, 2.45) is 0 Å². The van der Waals surface area contributed by atoms with Crippen LogP contribution in [0.5, 0.6) is 5.75 Å². The Morgan fingerprint density at radius 3 is 2.58 bits per heavy atom. The van der Waals surface area contributed by atoms with Gasteiger partial charge in [-0.15, -0.1) is 0 Å². The highest BCUT2D eigenvalue weighted by Crippen LogP contribution is 2.37. The SMILES string of the molecule is CNc1ncc(-c2ccc(OC)c3ccccc23)s1. The summed E-state index contributed by atoms with van der Waals surface area (Å²) in [5.74, 6) is 0.901. The predicted octanol–water partition coefficient (Wildman–Crippen LogP) is 4.01. The molecule has 2 aromatic carbocycles. The van der Waals surface area contributed by atoms with Gasteiger partial charge in [-0.05, 0) is 17.5 Å². The van der Waals surface area contributed by atoms with E-state index in [1.54, 1.807) is 18.4 Å². The summed E-state index contributed by atoms with van der Waals surface area (Å²) >= 11 is 1.65. The molecule has 3 nitrogen and oxygen atoms in total. The first-order valence-corrected chi connectivity index (χ1v) is 6.85. The molecule has 0 amide bonds. The van der Waals surface area contributed by atoms with Crippen LogP contribution in [0.15, 0.2) is 42.6 Å². The third-order valence-electron chi connectivity index (χ3n) is 3.09. The summed E-state index contributed by atoms with van der Waals surface area (Å²) in [6.07, 6.45) is 1.91. The molecule has 0 saturated heterocycles. The minimum Gasteiger partial charge on any atom is -0.496 e. The number of benzene rings is 2. The van der Waals surface area contributed by atoms with Crippen LogP contribution in [-0.4, -0.2) is 19.1 Å². The normalized spacial score (nSPS) is 10.6. The first-order chi connectivity index (χ1) is 9.33. The second kappa shape index (κ2) is 4.90. The van der Waals surface area contributed by atoms with Gasteiger partial charge >= 0.3 is 0 Å². The maximum absolute atomic E-state index is 5.42. The lowest BCUT2D eigenvalue weighted by Gasteiger charge is -2.08. The van der Waals surface area contributed by atoms with Crippen LogP contribution < -0.4 is 10.1 Å². The fourth-order valence-corrected chi connectivity index (χ4v) is 2.99. The Kier molecular flexibility index (Phi) is 3.09. The van der Waals surface area contributed by atoms with Gasteiger partial charge in [-0.25, -0.2) is 4.98 Å². The fourth-order valence-electron chi connectivity index (χ4n) is 2.18. The standard InChI is InChI=1S/C15H14N2OS/c1-16-15-17-9-14(19-15)12-7-8-13(18-2)11-6-4-3-5-10(11)12/h3-9H,1-2H3,(H,16,17). The maximum atomic E-state index is 5.42. The number of hydrogen-bond acceptors (Lipinski definition) is 4. The Balaban J connectivity index is 2.24. The van der Waals surface area contributed by atoms with E-state index in [-0.39, 0.29) is 0 Å². The van der Waals surface area contributed by atoms with E-state index < -0.39 is 0 Å². The highest BCUT2D eigenvalue weighted by molar-refractivity contribution is 7.19. The minimum absolute atomic E-state index is 0.901. The van der Waals surface area contributed by atoms with E-state index in [9.17, 15) is 0 Å². The quantitative estimate of drug-likeness (QED) is 0.780. The van der Waals surface area contributed by atoms with Crippen molar-refractivity contribution in [2.45, 2.75) is 0 Å². The van der Waals surface area contributed by atoms with Crippen LogP contribution in [0.4, 0.5) is 5.13 Å². The predicted molar refractivity (Wildman–Crippen MR) is 81.2 cm³/mol. The van der Waals surface area contributed by atoms with Gasteiger partial charge in [-0.2, -0.15) is 0 Å². The summed E-state index contributed by atoms with van der Waals surface area (Å²) in [5, 5.41) is 6.31. The molecule has 1 N–H and O–H groups in total. The average Bonchev–Trinajstić information content (AvgIpc) is 2.95. The van der Waals surface area contributed by atoms with Gasteiger partial charge in [0, 0.05) is 24.2 Å². The van der Waals surface area contributed by atoms with Crippen molar-refractivity contribution in [1.29, 1.82) is 0 Å². The summed E-state index contributed by atoms with van der Waals surface area (Å²) in [5.41, 5.74) is 1.19. The van der Waals surface area contributed by atoms with Gasteiger partial charge in [0.05, 0.1) is 12.0 Å². The number of nitrogens with zero attached hydrogens (tertiary/aromatic N) is 1. The van der Waals surface area contributed by atoms with Gasteiger partial charge < -0.3 is 10.1 Å². The van der Waals surface area contributed by atoms with Gasteiger partial charge in [0.25, 0.3) is 0 Å². The topological polar surface area (TPSA) is 34.2 Å². The number of aromatic nitrogens is 1. The minimum atomic E-state index is 0.901. The molecular weight excluding hydrogens is 256 g/mol. The Morgan fingerprint density at radius 1 is 1.11 bits per heavy atom. The van der Waals surface area contributed by atoms with Crippen LogP contribution in [0.25, 0.3) is 21.2 Å². The molecule has 3 aromatic rings. The van der Waals surface area contributed by atoms with Crippen molar-refractivity contribution in [1.82, 2.24) is 4.98 Å². The zero-order chi connectivity index (χ0) is 13.2. The van der Waals surface area contributed by atoms with E-state index in [2.05, 4.69) is 28.5 Å². The number of rotatable bonds is 3. The third-order valence-corrected chi connectivity index (χ3v) is 4.14. The van der Waals surface area contributed by atoms with Crippen LogP contribution >= 0.6 is 11.3 Å². The Morgan fingerprint density at radius 2 is 1.89 bits per heavy atom. The van der Waals surface area contributed by atoms with Crippen LogP contribution in [0.1, 0.15) is 0 Å². The number of methoxy groups -OCH3 is 1. The smallest absolute Gasteiger partial charge is 0.182 e. The molecule has 3 rings (SSSR count). The molecule has 4 heteroatoms. The molecule has 0 radical (unpaired) electrons. The van der Waals surface area contributed by atoms with Crippen LogP contribution in [-0.2, 0) is 0 Å². The number of thiazole rings is 1. The average molecular weight is 270 g/mol. The molecule has 0 aliphatic heterocycles. The summed E-state index contributed by atoms with van der Waals surface area (Å²) in [7, 11) is 3.59. The second-order valence-corrected chi connectivity index (χ2v) is 5.17. The van der Waals surface area contributed by atoms with Crippen molar-refractivity contribution in [3.05, 3.63) is 42.6 Å². The highest BCUT2D eigenvalue weighted by atomic mass is 32.1. The van der Waals surface area contributed by atoms with E-state index in [0.717, 1.165) is 21.1 Å². The molecule has 0 bridgehead atoms. The first kappa shape index (κ1) is 12.0. The van der Waals surface area contributed by atoms with Crippen molar-refractivity contribution in [3.8, 4) is 16.2 Å². The van der Waals surface area contributed by atoms with E-state index in [0.29, 0.717) is 0 Å². The summed E-state index contributed by atoms with van der Waals surface area (Å²) < 4.78 is 5.42. The van der Waals surface area contributed by atoms with Gasteiger partial charge in [0.15, 0.2) is 5.13 Å². The molecule has 96 valence electrons. The van der Waals surface area contributed by atoms with E-state index in [4.69, 9.17) is 4.74 Å². The molecule has 0 spiro atoms. The van der Waals surface area contributed by atoms with E-state index >= 15 is 0 Å². The molecule has 0 atom stereocenters. The molecule has 0 aliphatic carbocycles. The maximum Gasteiger partial charge on any atom is 0.182 e. The third kappa shape index (κ3) is 2.04. The van der Waals surface area contributed by atoms with Gasteiger partial charge in [-0.1, -0.05) is 35.6 Å². The molecular formula is C15H14N2OS. The zero-order valence-corrected chi connectivity index (χ0v) is 11.6. The second-order valence-electron chi connectivity index (χ2n) is 4.14. The largest absolute Gasteiger partial charge is 0.496 e. The molecule has 0 aliphatic rings. The molecule has 19 heavy (non-hydrogen) atoms. The summed E-state index contributed by atoms with van der Waals surface area (Å²) in [6, 6.07) is 12.4. The van der Waals surface area contributed by atoms with E-state index in [1.165, 1.54) is 10.9 Å². The van der Waals surface area contributed by atoms with Crippen LogP contribution in [0.2, 0.25) is 0 Å². The summed E-state index contributed by atoms with van der Waals surface area (Å²) in [4.78, 5) is 5.49. The van der Waals surface area contributed by atoms with Crippen molar-refractivity contribution in [3.63, 3.8) is 0 Å². The van der Waals surface area contributed by atoms with Crippen molar-refractivity contribution >= 4 is 27.2 Å². The number of ether oxygens (including phenoxy) is 1. The van der Waals surface area contributed by atoms with Gasteiger partial charge in [-0.3, -0.25) is 0 Å². The molecule has 0 unspecified atom stereocenters. The molecule has 1 heterocycles. The zero-order valence-electron chi connectivity index (χ0n) is 10.8. The number of anilines is 1. The Labute approximate surface area is 115 Å². The first-order valence-electron chi connectivity index (χ1n) is 6.03. The number of fused-ring (bicyclic) bond motifs is 1. The van der Waals surface area contributed by atoms with E-state index in [1.807, 2.05) is 31.4 Å². The molecule has 1 aromatic heterocycles. The van der Waals surface area contributed by atoms with Gasteiger partial charge in [0.2, 0.25) is 0 Å².